The largest absolute Gasteiger partial charge is 0.445 e. The number of carbonyl (C=O) groups is 1. The van der Waals surface area contributed by atoms with Crippen LogP contribution >= 0.6 is 0 Å². The predicted octanol–water partition coefficient (Wildman–Crippen LogP) is 4.97. The molecule has 0 bridgehead atoms. The van der Waals surface area contributed by atoms with E-state index in [1.54, 1.807) is 12.1 Å². The number of ether oxygens (including phenoxy) is 1. The summed E-state index contributed by atoms with van der Waals surface area (Å²) in [6, 6.07) is 14.2. The van der Waals surface area contributed by atoms with E-state index in [0.29, 0.717) is 12.5 Å². The average Bonchev–Trinajstić information content (AvgIpc) is 3.21. The van der Waals surface area contributed by atoms with Gasteiger partial charge in [0.15, 0.2) is 0 Å². The Morgan fingerprint density at radius 1 is 1.18 bits per heavy atom. The van der Waals surface area contributed by atoms with Crippen LogP contribution in [-0.2, 0) is 10.3 Å². The fourth-order valence-electron chi connectivity index (χ4n) is 3.89. The molecule has 1 unspecified atom stereocenters. The summed E-state index contributed by atoms with van der Waals surface area (Å²) in [7, 11) is 0. The minimum Gasteiger partial charge on any atom is -0.445 e. The molecule has 5 heteroatoms. The number of carbonyl (C=O) groups excluding carboxylic acids is 1. The Hall–Kier alpha value is -2.40. The van der Waals surface area contributed by atoms with Gasteiger partial charge in [-0.3, -0.25) is 0 Å². The van der Waals surface area contributed by atoms with E-state index in [-0.39, 0.29) is 11.9 Å². The minimum atomic E-state index is -0.623. The molecular formula is C23H29FN2O2. The van der Waals surface area contributed by atoms with Gasteiger partial charge in [-0.1, -0.05) is 43.2 Å². The molecule has 0 spiro atoms. The van der Waals surface area contributed by atoms with Gasteiger partial charge in [-0.15, -0.1) is 0 Å². The van der Waals surface area contributed by atoms with Crippen LogP contribution in [0.4, 0.5) is 9.18 Å². The first-order chi connectivity index (χ1) is 13.4. The molecule has 0 radical (unpaired) electrons. The first kappa shape index (κ1) is 20.3. The Balaban J connectivity index is 1.70. The van der Waals surface area contributed by atoms with Gasteiger partial charge in [0.1, 0.15) is 11.9 Å². The number of rotatable bonds is 6. The standard InChI is InChI=1S/C23H29FN2O2/c1-23(2,26-22(27)28-21(15-25)17-6-3-4-7-17)19-9-5-8-18(14-19)16-10-12-20(24)13-11-16/h5,8-14,17,21H,3-4,6-7,15,25H2,1-2H3,(H,26,27). The van der Waals surface area contributed by atoms with Crippen molar-refractivity contribution in [2.24, 2.45) is 11.7 Å². The highest BCUT2D eigenvalue weighted by Gasteiger charge is 2.30. The zero-order chi connectivity index (χ0) is 20.1. The van der Waals surface area contributed by atoms with Crippen LogP contribution in [-0.4, -0.2) is 18.7 Å². The fourth-order valence-corrected chi connectivity index (χ4v) is 3.89. The number of alkyl carbamates (subject to hydrolysis) is 1. The molecule has 0 aromatic heterocycles. The van der Waals surface area contributed by atoms with E-state index in [1.807, 2.05) is 38.1 Å². The molecule has 1 amide bonds. The molecule has 28 heavy (non-hydrogen) atoms. The predicted molar refractivity (Wildman–Crippen MR) is 109 cm³/mol. The Labute approximate surface area is 166 Å². The summed E-state index contributed by atoms with van der Waals surface area (Å²) in [4.78, 5) is 12.5. The quantitative estimate of drug-likeness (QED) is 0.739. The molecule has 1 aliphatic rings. The Bertz CT molecular complexity index is 799. The monoisotopic (exact) mass is 384 g/mol. The van der Waals surface area contributed by atoms with Crippen molar-refractivity contribution in [2.75, 3.05) is 6.54 Å². The molecule has 3 N–H and O–H groups in total. The second-order valence-electron chi connectivity index (χ2n) is 8.06. The van der Waals surface area contributed by atoms with Crippen LogP contribution in [0.3, 0.4) is 0 Å². The molecule has 2 aromatic carbocycles. The van der Waals surface area contributed by atoms with Gasteiger partial charge in [0, 0.05) is 6.54 Å². The third kappa shape index (κ3) is 4.90. The Kier molecular flexibility index (Phi) is 6.35. The van der Waals surface area contributed by atoms with Crippen molar-refractivity contribution >= 4 is 6.09 Å². The number of hydrogen-bond acceptors (Lipinski definition) is 3. The lowest BCUT2D eigenvalue weighted by Crippen LogP contribution is -2.44. The maximum Gasteiger partial charge on any atom is 0.408 e. The van der Waals surface area contributed by atoms with Crippen LogP contribution in [0.2, 0.25) is 0 Å². The SMILES string of the molecule is CC(C)(NC(=O)OC(CN)C1CCCC1)c1cccc(-c2ccc(F)cc2)c1. The van der Waals surface area contributed by atoms with Crippen molar-refractivity contribution < 1.29 is 13.9 Å². The third-order valence-electron chi connectivity index (χ3n) is 5.59. The normalized spacial score (nSPS) is 16.0. The molecule has 1 saturated carbocycles. The van der Waals surface area contributed by atoms with E-state index in [1.165, 1.54) is 25.0 Å². The number of benzene rings is 2. The Morgan fingerprint density at radius 3 is 2.50 bits per heavy atom. The van der Waals surface area contributed by atoms with Crippen molar-refractivity contribution in [3.8, 4) is 11.1 Å². The van der Waals surface area contributed by atoms with Crippen molar-refractivity contribution in [1.29, 1.82) is 0 Å². The third-order valence-corrected chi connectivity index (χ3v) is 5.59. The number of amides is 1. The molecule has 1 aliphatic carbocycles. The summed E-state index contributed by atoms with van der Waals surface area (Å²) >= 11 is 0. The first-order valence-electron chi connectivity index (χ1n) is 9.94. The summed E-state index contributed by atoms with van der Waals surface area (Å²) in [5.74, 6) is 0.0991. The van der Waals surface area contributed by atoms with E-state index in [2.05, 4.69) is 5.32 Å². The summed E-state index contributed by atoms with van der Waals surface area (Å²) in [6.07, 6.45) is 3.81. The van der Waals surface area contributed by atoms with Crippen LogP contribution < -0.4 is 11.1 Å². The topological polar surface area (TPSA) is 64.3 Å². The maximum absolute atomic E-state index is 13.2. The van der Waals surface area contributed by atoms with Gasteiger partial charge in [0.25, 0.3) is 0 Å². The van der Waals surface area contributed by atoms with Crippen molar-refractivity contribution in [1.82, 2.24) is 5.32 Å². The van der Waals surface area contributed by atoms with Gasteiger partial charge in [-0.05, 0) is 67.5 Å². The lowest BCUT2D eigenvalue weighted by molar-refractivity contribution is 0.0621. The van der Waals surface area contributed by atoms with Crippen LogP contribution in [0, 0.1) is 11.7 Å². The summed E-state index contributed by atoms with van der Waals surface area (Å²) in [5.41, 5.74) is 8.04. The first-order valence-corrected chi connectivity index (χ1v) is 9.94. The second kappa shape index (κ2) is 8.74. The van der Waals surface area contributed by atoms with Gasteiger partial charge < -0.3 is 15.8 Å². The molecular weight excluding hydrogens is 355 g/mol. The van der Waals surface area contributed by atoms with Crippen LogP contribution in [0.1, 0.15) is 45.1 Å². The van der Waals surface area contributed by atoms with Gasteiger partial charge in [-0.25, -0.2) is 9.18 Å². The minimum absolute atomic E-state index is 0.233. The molecule has 2 aromatic rings. The summed E-state index contributed by atoms with van der Waals surface area (Å²) in [6.45, 7) is 4.22. The lowest BCUT2D eigenvalue weighted by atomic mass is 9.91. The van der Waals surface area contributed by atoms with Gasteiger partial charge in [-0.2, -0.15) is 0 Å². The molecule has 0 saturated heterocycles. The molecule has 0 aliphatic heterocycles. The molecule has 0 heterocycles. The Morgan fingerprint density at radius 2 is 1.86 bits per heavy atom. The molecule has 1 atom stereocenters. The number of nitrogens with one attached hydrogen (secondary N) is 1. The van der Waals surface area contributed by atoms with Crippen LogP contribution in [0.15, 0.2) is 48.5 Å². The van der Waals surface area contributed by atoms with E-state index < -0.39 is 11.6 Å². The van der Waals surface area contributed by atoms with Crippen molar-refractivity contribution in [3.63, 3.8) is 0 Å². The summed E-state index contributed by atoms with van der Waals surface area (Å²) in [5, 5.41) is 2.97. The van der Waals surface area contributed by atoms with Crippen molar-refractivity contribution in [2.45, 2.75) is 51.2 Å². The highest BCUT2D eigenvalue weighted by molar-refractivity contribution is 5.70. The summed E-state index contributed by atoms with van der Waals surface area (Å²) < 4.78 is 18.8. The second-order valence-corrected chi connectivity index (χ2v) is 8.06. The fraction of sp³-hybridized carbons (Fsp3) is 0.435. The van der Waals surface area contributed by atoms with E-state index in [9.17, 15) is 9.18 Å². The maximum atomic E-state index is 13.2. The van der Waals surface area contributed by atoms with E-state index in [4.69, 9.17) is 10.5 Å². The zero-order valence-electron chi connectivity index (χ0n) is 16.6. The van der Waals surface area contributed by atoms with Crippen LogP contribution in [0.25, 0.3) is 11.1 Å². The van der Waals surface area contributed by atoms with Crippen molar-refractivity contribution in [3.05, 3.63) is 59.9 Å². The number of nitrogens with two attached hydrogens (primary N) is 1. The highest BCUT2D eigenvalue weighted by Crippen LogP contribution is 2.30. The lowest BCUT2D eigenvalue weighted by Gasteiger charge is -2.29. The smallest absolute Gasteiger partial charge is 0.408 e. The number of hydrogen-bond donors (Lipinski definition) is 2. The van der Waals surface area contributed by atoms with Gasteiger partial charge >= 0.3 is 6.09 Å². The molecule has 1 fully saturated rings. The van der Waals surface area contributed by atoms with E-state index >= 15 is 0 Å². The zero-order valence-corrected chi connectivity index (χ0v) is 16.6. The molecule has 150 valence electrons. The average molecular weight is 384 g/mol. The number of halogens is 1. The van der Waals surface area contributed by atoms with Gasteiger partial charge in [0.2, 0.25) is 0 Å². The van der Waals surface area contributed by atoms with Crippen LogP contribution in [0.5, 0.6) is 0 Å². The highest BCUT2D eigenvalue weighted by atomic mass is 19.1. The molecule has 4 nitrogen and oxygen atoms in total. The van der Waals surface area contributed by atoms with E-state index in [0.717, 1.165) is 29.5 Å². The van der Waals surface area contributed by atoms with Gasteiger partial charge in [0.05, 0.1) is 5.54 Å². The molecule has 3 rings (SSSR count).